The van der Waals surface area contributed by atoms with Gasteiger partial charge in [0.15, 0.2) is 0 Å². The lowest BCUT2D eigenvalue weighted by Crippen LogP contribution is -2.51. The van der Waals surface area contributed by atoms with Crippen LogP contribution in [0.25, 0.3) is 0 Å². The summed E-state index contributed by atoms with van der Waals surface area (Å²) in [6.45, 7) is 2.46. The molecule has 1 fully saturated rings. The molecule has 1 heterocycles. The number of hydrogen-bond acceptors (Lipinski definition) is 3. The largest absolute Gasteiger partial charge is 0.497 e. The number of piperidine rings is 1. The number of carboxylic acids is 1. The van der Waals surface area contributed by atoms with Gasteiger partial charge in [0.25, 0.3) is 0 Å². The molecule has 6 nitrogen and oxygen atoms in total. The number of methoxy groups -OCH3 is 1. The Hall–Kier alpha value is -2.24. The van der Waals surface area contributed by atoms with Crippen molar-refractivity contribution in [3.05, 3.63) is 24.3 Å². The van der Waals surface area contributed by atoms with Crippen molar-refractivity contribution in [1.82, 2.24) is 4.90 Å². The van der Waals surface area contributed by atoms with Crippen molar-refractivity contribution < 1.29 is 19.4 Å². The molecule has 0 radical (unpaired) electrons. The molecule has 0 aromatic heterocycles. The maximum atomic E-state index is 12.3. The first kappa shape index (κ1) is 15.2. The van der Waals surface area contributed by atoms with Crippen LogP contribution < -0.4 is 10.1 Å². The number of urea groups is 1. The highest BCUT2D eigenvalue weighted by molar-refractivity contribution is 5.92. The lowest BCUT2D eigenvalue weighted by Gasteiger charge is -2.35. The lowest BCUT2D eigenvalue weighted by molar-refractivity contribution is -0.143. The van der Waals surface area contributed by atoms with Crippen LogP contribution in [0.5, 0.6) is 5.75 Å². The summed E-state index contributed by atoms with van der Waals surface area (Å²) in [5, 5.41) is 12.0. The number of likely N-dealkylation sites (tertiary alicyclic amines) is 1. The van der Waals surface area contributed by atoms with Crippen LogP contribution >= 0.6 is 0 Å². The van der Waals surface area contributed by atoms with Crippen LogP contribution in [0.1, 0.15) is 19.8 Å². The minimum absolute atomic E-state index is 0.312. The fourth-order valence-corrected chi connectivity index (χ4v) is 2.51. The van der Waals surface area contributed by atoms with Crippen molar-refractivity contribution in [2.75, 3.05) is 19.0 Å². The SMILES string of the molecule is COc1cccc(NC(=O)N2CCC(C)CC2C(=O)O)c1. The molecule has 1 aliphatic rings. The molecular formula is C15H20N2O4. The summed E-state index contributed by atoms with van der Waals surface area (Å²) >= 11 is 0. The number of nitrogens with zero attached hydrogens (tertiary/aromatic N) is 1. The number of rotatable bonds is 3. The van der Waals surface area contributed by atoms with Gasteiger partial charge >= 0.3 is 12.0 Å². The molecule has 0 aliphatic carbocycles. The number of carbonyl (C=O) groups excluding carboxylic acids is 1. The van der Waals surface area contributed by atoms with Crippen molar-refractivity contribution in [2.45, 2.75) is 25.8 Å². The van der Waals surface area contributed by atoms with E-state index in [-0.39, 0.29) is 6.03 Å². The zero-order valence-electron chi connectivity index (χ0n) is 12.2. The lowest BCUT2D eigenvalue weighted by atomic mass is 9.93. The van der Waals surface area contributed by atoms with Crippen LogP contribution in [0.3, 0.4) is 0 Å². The smallest absolute Gasteiger partial charge is 0.326 e. The molecule has 2 atom stereocenters. The molecule has 0 saturated carbocycles. The van der Waals surface area contributed by atoms with E-state index in [1.165, 1.54) is 4.90 Å². The van der Waals surface area contributed by atoms with Crippen LogP contribution in [0, 0.1) is 5.92 Å². The summed E-state index contributed by atoms with van der Waals surface area (Å²) in [4.78, 5) is 25.0. The molecule has 1 saturated heterocycles. The second kappa shape index (κ2) is 6.47. The number of ether oxygens (including phenoxy) is 1. The predicted octanol–water partition coefficient (Wildman–Crippen LogP) is 2.41. The topological polar surface area (TPSA) is 78.9 Å². The Labute approximate surface area is 123 Å². The molecule has 21 heavy (non-hydrogen) atoms. The Morgan fingerprint density at radius 2 is 2.19 bits per heavy atom. The highest BCUT2D eigenvalue weighted by Crippen LogP contribution is 2.24. The van der Waals surface area contributed by atoms with E-state index in [1.54, 1.807) is 31.4 Å². The second-order valence-corrected chi connectivity index (χ2v) is 5.34. The minimum Gasteiger partial charge on any atom is -0.497 e. The zero-order valence-corrected chi connectivity index (χ0v) is 12.2. The molecule has 2 unspecified atom stereocenters. The van der Waals surface area contributed by atoms with Crippen LogP contribution in [0.4, 0.5) is 10.5 Å². The predicted molar refractivity (Wildman–Crippen MR) is 78.5 cm³/mol. The Bertz CT molecular complexity index is 532. The van der Waals surface area contributed by atoms with E-state index in [0.29, 0.717) is 30.3 Å². The van der Waals surface area contributed by atoms with E-state index in [4.69, 9.17) is 4.74 Å². The van der Waals surface area contributed by atoms with Gasteiger partial charge in [-0.3, -0.25) is 0 Å². The van der Waals surface area contributed by atoms with Gasteiger partial charge in [-0.1, -0.05) is 13.0 Å². The normalized spacial score (nSPS) is 21.7. The number of carboxylic acid groups (broad SMARTS) is 1. The van der Waals surface area contributed by atoms with Gasteiger partial charge in [-0.15, -0.1) is 0 Å². The van der Waals surface area contributed by atoms with Gasteiger partial charge in [0.2, 0.25) is 0 Å². The third kappa shape index (κ3) is 3.65. The molecule has 0 spiro atoms. The highest BCUT2D eigenvalue weighted by atomic mass is 16.5. The number of aliphatic carboxylic acids is 1. The molecule has 2 amide bonds. The first-order valence-corrected chi connectivity index (χ1v) is 6.95. The average molecular weight is 292 g/mol. The number of anilines is 1. The standard InChI is InChI=1S/C15H20N2O4/c1-10-6-7-17(13(8-10)14(18)19)15(20)16-11-4-3-5-12(9-11)21-2/h3-5,9-10,13H,6-8H2,1-2H3,(H,16,20)(H,18,19). The van der Waals surface area contributed by atoms with Gasteiger partial charge in [-0.2, -0.15) is 0 Å². The number of hydrogen-bond donors (Lipinski definition) is 2. The van der Waals surface area contributed by atoms with Crippen LogP contribution in [-0.2, 0) is 4.79 Å². The molecule has 1 aromatic carbocycles. The Morgan fingerprint density at radius 3 is 2.86 bits per heavy atom. The Kier molecular flexibility index (Phi) is 4.67. The van der Waals surface area contributed by atoms with Crippen LogP contribution in [-0.4, -0.2) is 41.7 Å². The highest BCUT2D eigenvalue weighted by Gasteiger charge is 2.34. The van der Waals surface area contributed by atoms with E-state index in [2.05, 4.69) is 5.32 Å². The molecule has 2 N–H and O–H groups in total. The molecule has 6 heteroatoms. The van der Waals surface area contributed by atoms with E-state index in [1.807, 2.05) is 6.92 Å². The first-order valence-electron chi connectivity index (χ1n) is 6.95. The van der Waals surface area contributed by atoms with Gasteiger partial charge in [-0.05, 0) is 30.9 Å². The van der Waals surface area contributed by atoms with Crippen molar-refractivity contribution in [3.63, 3.8) is 0 Å². The quantitative estimate of drug-likeness (QED) is 0.896. The third-order valence-electron chi connectivity index (χ3n) is 3.73. The van der Waals surface area contributed by atoms with E-state index < -0.39 is 12.0 Å². The van der Waals surface area contributed by atoms with Crippen molar-refractivity contribution >= 4 is 17.7 Å². The fraction of sp³-hybridized carbons (Fsp3) is 0.467. The maximum Gasteiger partial charge on any atom is 0.326 e. The van der Waals surface area contributed by atoms with E-state index >= 15 is 0 Å². The molecule has 0 bridgehead atoms. The summed E-state index contributed by atoms with van der Waals surface area (Å²) in [6, 6.07) is 5.82. The van der Waals surface area contributed by atoms with Crippen LogP contribution in [0.15, 0.2) is 24.3 Å². The van der Waals surface area contributed by atoms with Gasteiger partial charge < -0.3 is 20.1 Å². The Balaban J connectivity index is 2.09. The second-order valence-electron chi connectivity index (χ2n) is 5.34. The van der Waals surface area contributed by atoms with Gasteiger partial charge in [0, 0.05) is 18.3 Å². The number of amides is 2. The molecular weight excluding hydrogens is 272 g/mol. The summed E-state index contributed by atoms with van der Waals surface area (Å²) in [5.74, 6) is -0.0100. The van der Waals surface area contributed by atoms with Crippen molar-refractivity contribution in [2.24, 2.45) is 5.92 Å². The van der Waals surface area contributed by atoms with Crippen molar-refractivity contribution in [1.29, 1.82) is 0 Å². The minimum atomic E-state index is -0.956. The summed E-state index contributed by atoms with van der Waals surface area (Å²) in [6.07, 6.45) is 1.30. The van der Waals surface area contributed by atoms with Gasteiger partial charge in [0.1, 0.15) is 11.8 Å². The molecule has 2 rings (SSSR count). The molecule has 1 aliphatic heterocycles. The third-order valence-corrected chi connectivity index (χ3v) is 3.73. The monoisotopic (exact) mass is 292 g/mol. The first-order chi connectivity index (χ1) is 10.0. The van der Waals surface area contributed by atoms with E-state index in [0.717, 1.165) is 6.42 Å². The van der Waals surface area contributed by atoms with Gasteiger partial charge in [-0.25, -0.2) is 9.59 Å². The average Bonchev–Trinajstić information content (AvgIpc) is 2.47. The van der Waals surface area contributed by atoms with Gasteiger partial charge in [0.05, 0.1) is 7.11 Å². The Morgan fingerprint density at radius 1 is 1.43 bits per heavy atom. The fourth-order valence-electron chi connectivity index (χ4n) is 2.51. The van der Waals surface area contributed by atoms with Crippen LogP contribution in [0.2, 0.25) is 0 Å². The number of carbonyl (C=O) groups is 2. The maximum absolute atomic E-state index is 12.3. The molecule has 114 valence electrons. The zero-order chi connectivity index (χ0) is 15.4. The summed E-state index contributed by atoms with van der Waals surface area (Å²) in [7, 11) is 1.55. The number of benzene rings is 1. The van der Waals surface area contributed by atoms with Crippen molar-refractivity contribution in [3.8, 4) is 5.75 Å². The summed E-state index contributed by atoms with van der Waals surface area (Å²) in [5.41, 5.74) is 0.585. The molecule has 1 aromatic rings. The summed E-state index contributed by atoms with van der Waals surface area (Å²) < 4.78 is 5.10. The van der Waals surface area contributed by atoms with E-state index in [9.17, 15) is 14.7 Å². The number of nitrogens with one attached hydrogen (secondary N) is 1.